The highest BCUT2D eigenvalue weighted by atomic mass is 32.1. The van der Waals surface area contributed by atoms with Gasteiger partial charge in [0.1, 0.15) is 11.4 Å². The molecule has 1 aliphatic heterocycles. The zero-order valence-electron chi connectivity index (χ0n) is 16.9. The first-order valence-corrected chi connectivity index (χ1v) is 10.2. The van der Waals surface area contributed by atoms with E-state index in [4.69, 9.17) is 5.73 Å². The van der Waals surface area contributed by atoms with Gasteiger partial charge in [-0.1, -0.05) is 24.3 Å². The molecule has 0 bridgehead atoms. The molecule has 1 saturated heterocycles. The van der Waals surface area contributed by atoms with Gasteiger partial charge in [0.15, 0.2) is 5.54 Å². The highest BCUT2D eigenvalue weighted by molar-refractivity contribution is 6.99. The number of hydrogen-bond acceptors (Lipinski definition) is 8. The molecule has 0 aliphatic carbocycles. The standard InChI is InChI=1S/C20H15F3N6O3S/c1-10-15(28-33-27-10)19(9-24)17(31)26-18(32)29(19)16(30)13-5-3-2-4-12(13)11-6-7-14(25-8-11)20(21,22)23/h2-8H,9,24H2,1H3,(H,26,31,32). The summed E-state index contributed by atoms with van der Waals surface area (Å²) in [6, 6.07) is 6.93. The number of aromatic nitrogens is 3. The number of nitrogens with two attached hydrogens (primary N) is 1. The molecular weight excluding hydrogens is 461 g/mol. The number of imide groups is 2. The molecule has 170 valence electrons. The van der Waals surface area contributed by atoms with Crippen molar-refractivity contribution in [3.63, 3.8) is 0 Å². The number of benzene rings is 1. The molecule has 0 radical (unpaired) electrons. The van der Waals surface area contributed by atoms with Gasteiger partial charge < -0.3 is 5.73 Å². The van der Waals surface area contributed by atoms with Crippen molar-refractivity contribution in [3.8, 4) is 11.1 Å². The third kappa shape index (κ3) is 3.54. The molecule has 0 saturated carbocycles. The van der Waals surface area contributed by atoms with E-state index in [1.165, 1.54) is 24.3 Å². The van der Waals surface area contributed by atoms with E-state index >= 15 is 0 Å². The van der Waals surface area contributed by atoms with E-state index in [9.17, 15) is 27.6 Å². The Bertz CT molecular complexity index is 1260. The van der Waals surface area contributed by atoms with Crippen LogP contribution in [0.25, 0.3) is 11.1 Å². The Morgan fingerprint density at radius 1 is 1.18 bits per heavy atom. The van der Waals surface area contributed by atoms with E-state index in [-0.39, 0.29) is 22.4 Å². The summed E-state index contributed by atoms with van der Waals surface area (Å²) >= 11 is 0.798. The number of aryl methyl sites for hydroxylation is 1. The van der Waals surface area contributed by atoms with Crippen molar-refractivity contribution in [1.82, 2.24) is 23.9 Å². The zero-order valence-corrected chi connectivity index (χ0v) is 17.7. The van der Waals surface area contributed by atoms with Crippen molar-refractivity contribution >= 4 is 29.6 Å². The van der Waals surface area contributed by atoms with Crippen molar-refractivity contribution in [3.05, 3.63) is 65.2 Å². The van der Waals surface area contributed by atoms with Crippen molar-refractivity contribution < 1.29 is 27.6 Å². The van der Waals surface area contributed by atoms with Gasteiger partial charge in [-0.15, -0.1) is 0 Å². The van der Waals surface area contributed by atoms with Crippen LogP contribution < -0.4 is 11.1 Å². The molecule has 3 N–H and O–H groups in total. The van der Waals surface area contributed by atoms with Crippen LogP contribution in [-0.4, -0.2) is 43.0 Å². The summed E-state index contributed by atoms with van der Waals surface area (Å²) in [5.41, 5.74) is 3.68. The maximum Gasteiger partial charge on any atom is 0.433 e. The van der Waals surface area contributed by atoms with Gasteiger partial charge in [0, 0.05) is 23.9 Å². The smallest absolute Gasteiger partial charge is 0.327 e. The van der Waals surface area contributed by atoms with E-state index in [1.54, 1.807) is 13.0 Å². The molecule has 1 unspecified atom stereocenters. The summed E-state index contributed by atoms with van der Waals surface area (Å²) in [5.74, 6) is -1.71. The number of pyridine rings is 1. The van der Waals surface area contributed by atoms with Crippen LogP contribution >= 0.6 is 11.7 Å². The Hall–Kier alpha value is -3.71. The lowest BCUT2D eigenvalue weighted by Gasteiger charge is -2.31. The van der Waals surface area contributed by atoms with Gasteiger partial charge in [-0.2, -0.15) is 21.9 Å². The van der Waals surface area contributed by atoms with Crippen molar-refractivity contribution in [2.75, 3.05) is 6.54 Å². The molecule has 3 heterocycles. The number of alkyl halides is 3. The lowest BCUT2D eigenvalue weighted by molar-refractivity contribution is -0.141. The normalized spacial score (nSPS) is 18.5. The van der Waals surface area contributed by atoms with E-state index in [1.807, 2.05) is 0 Å². The van der Waals surface area contributed by atoms with Crippen LogP contribution in [0.15, 0.2) is 42.6 Å². The first-order valence-electron chi connectivity index (χ1n) is 9.43. The quantitative estimate of drug-likeness (QED) is 0.553. The summed E-state index contributed by atoms with van der Waals surface area (Å²) in [6.07, 6.45) is -3.64. The number of carbonyl (C=O) groups excluding carboxylic acids is 3. The molecule has 9 nitrogen and oxygen atoms in total. The van der Waals surface area contributed by atoms with Crippen LogP contribution in [0, 0.1) is 6.92 Å². The minimum Gasteiger partial charge on any atom is -0.327 e. The maximum atomic E-state index is 13.6. The molecule has 2 aromatic heterocycles. The fourth-order valence-corrected chi connectivity index (χ4v) is 4.27. The summed E-state index contributed by atoms with van der Waals surface area (Å²) in [5, 5.41) is 2.10. The second-order valence-electron chi connectivity index (χ2n) is 7.14. The Morgan fingerprint density at radius 2 is 1.91 bits per heavy atom. The minimum absolute atomic E-state index is 0.0393. The topological polar surface area (TPSA) is 131 Å². The highest BCUT2D eigenvalue weighted by Crippen LogP contribution is 2.36. The summed E-state index contributed by atoms with van der Waals surface area (Å²) in [6.45, 7) is 1.11. The summed E-state index contributed by atoms with van der Waals surface area (Å²) < 4.78 is 46.8. The SMILES string of the molecule is Cc1nsnc1C1(CN)C(=O)NC(=O)N1C(=O)c1ccccc1-c1ccc(C(F)(F)F)nc1. The number of carbonyl (C=O) groups is 3. The summed E-state index contributed by atoms with van der Waals surface area (Å²) in [7, 11) is 0. The van der Waals surface area contributed by atoms with Crippen LogP contribution in [0.4, 0.5) is 18.0 Å². The van der Waals surface area contributed by atoms with Gasteiger partial charge >= 0.3 is 12.2 Å². The van der Waals surface area contributed by atoms with Crippen molar-refractivity contribution in [2.45, 2.75) is 18.6 Å². The van der Waals surface area contributed by atoms with Crippen molar-refractivity contribution in [1.29, 1.82) is 0 Å². The Balaban J connectivity index is 1.82. The molecule has 33 heavy (non-hydrogen) atoms. The minimum atomic E-state index is -4.62. The third-order valence-electron chi connectivity index (χ3n) is 5.25. The zero-order chi connectivity index (χ0) is 24.0. The largest absolute Gasteiger partial charge is 0.433 e. The Kier molecular flexibility index (Phi) is 5.46. The lowest BCUT2D eigenvalue weighted by Crippen LogP contribution is -2.55. The van der Waals surface area contributed by atoms with Gasteiger partial charge in [-0.3, -0.25) is 19.9 Å². The first-order chi connectivity index (χ1) is 15.6. The maximum absolute atomic E-state index is 13.6. The van der Waals surface area contributed by atoms with E-state index in [2.05, 4.69) is 19.0 Å². The number of halogens is 3. The average molecular weight is 476 g/mol. The van der Waals surface area contributed by atoms with Crippen LogP contribution in [0.1, 0.15) is 27.4 Å². The van der Waals surface area contributed by atoms with E-state index in [0.29, 0.717) is 10.6 Å². The fraction of sp³-hybridized carbons (Fsp3) is 0.200. The number of amides is 4. The number of rotatable bonds is 4. The van der Waals surface area contributed by atoms with Crippen LogP contribution in [0.3, 0.4) is 0 Å². The second-order valence-corrected chi connectivity index (χ2v) is 7.67. The molecule has 1 fully saturated rings. The molecule has 4 rings (SSSR count). The third-order valence-corrected chi connectivity index (χ3v) is 5.87. The Labute approximate surface area is 188 Å². The average Bonchev–Trinajstić information content (AvgIpc) is 3.32. The predicted octanol–water partition coefficient (Wildman–Crippen LogP) is 2.47. The monoisotopic (exact) mass is 476 g/mol. The highest BCUT2D eigenvalue weighted by Gasteiger charge is 2.59. The number of nitrogens with one attached hydrogen (secondary N) is 1. The molecular formula is C20H15F3N6O3S. The molecule has 1 aliphatic rings. The fourth-order valence-electron chi connectivity index (χ4n) is 3.66. The lowest BCUT2D eigenvalue weighted by atomic mass is 9.90. The summed E-state index contributed by atoms with van der Waals surface area (Å²) in [4.78, 5) is 43.3. The van der Waals surface area contributed by atoms with E-state index < -0.39 is 41.8 Å². The number of hydrogen-bond donors (Lipinski definition) is 2. The Morgan fingerprint density at radius 3 is 2.48 bits per heavy atom. The van der Waals surface area contributed by atoms with Gasteiger partial charge in [0.05, 0.1) is 17.4 Å². The van der Waals surface area contributed by atoms with Crippen LogP contribution in [0.5, 0.6) is 0 Å². The van der Waals surface area contributed by atoms with E-state index in [0.717, 1.165) is 24.0 Å². The predicted molar refractivity (Wildman–Crippen MR) is 110 cm³/mol. The number of nitrogens with zero attached hydrogens (tertiary/aromatic N) is 4. The number of urea groups is 1. The molecule has 0 spiro atoms. The molecule has 1 atom stereocenters. The van der Waals surface area contributed by atoms with Crippen molar-refractivity contribution in [2.24, 2.45) is 5.73 Å². The van der Waals surface area contributed by atoms with Crippen LogP contribution in [-0.2, 0) is 16.5 Å². The molecule has 13 heteroatoms. The first kappa shape index (κ1) is 22.5. The second kappa shape index (κ2) is 8.01. The molecule has 3 aromatic rings. The molecule has 1 aromatic carbocycles. The van der Waals surface area contributed by atoms with Gasteiger partial charge in [-0.05, 0) is 24.6 Å². The van der Waals surface area contributed by atoms with Gasteiger partial charge in [-0.25, -0.2) is 9.69 Å². The van der Waals surface area contributed by atoms with Gasteiger partial charge in [0.2, 0.25) is 0 Å². The molecule has 4 amide bonds. The van der Waals surface area contributed by atoms with Gasteiger partial charge in [0.25, 0.3) is 11.8 Å². The van der Waals surface area contributed by atoms with Crippen LogP contribution in [0.2, 0.25) is 0 Å².